The first-order valence-corrected chi connectivity index (χ1v) is 6.35. The minimum Gasteiger partial charge on any atom is -0.394 e. The van der Waals surface area contributed by atoms with Gasteiger partial charge in [0, 0.05) is 12.2 Å². The van der Waals surface area contributed by atoms with E-state index < -0.39 is 0 Å². The summed E-state index contributed by atoms with van der Waals surface area (Å²) in [5, 5.41) is 20.9. The molecule has 1 heterocycles. The molecule has 1 atom stereocenters. The van der Waals surface area contributed by atoms with Crippen molar-refractivity contribution < 1.29 is 9.90 Å². The highest BCUT2D eigenvalue weighted by Gasteiger charge is 2.28. The number of amides is 2. The molecule has 1 aliphatic heterocycles. The highest BCUT2D eigenvalue weighted by atomic mass is 16.3. The summed E-state index contributed by atoms with van der Waals surface area (Å²) >= 11 is 0. The molecule has 0 radical (unpaired) electrons. The van der Waals surface area contributed by atoms with Crippen LogP contribution in [0.25, 0.3) is 0 Å². The smallest absolute Gasteiger partial charge is 0.322 e. The highest BCUT2D eigenvalue weighted by molar-refractivity contribution is 5.90. The van der Waals surface area contributed by atoms with Crippen LogP contribution in [0.5, 0.6) is 0 Å². The predicted octanol–water partition coefficient (Wildman–Crippen LogP) is 1.86. The molecule has 0 aliphatic carbocycles. The number of nitrogens with zero attached hydrogens (tertiary/aromatic N) is 2. The van der Waals surface area contributed by atoms with E-state index in [-0.39, 0.29) is 18.7 Å². The number of urea groups is 1. The van der Waals surface area contributed by atoms with Gasteiger partial charge >= 0.3 is 6.03 Å². The molecule has 2 rings (SSSR count). The standard InChI is InChI=1S/C14H17N3O2/c1-10-4-5-11(8-15)7-13(10)16-14(19)17-6-2-3-12(17)9-18/h4-5,7,12,18H,2-3,6,9H2,1H3,(H,16,19)/t12-/m1/s1. The molecule has 2 N–H and O–H groups in total. The topological polar surface area (TPSA) is 76.4 Å². The van der Waals surface area contributed by atoms with Crippen LogP contribution in [-0.4, -0.2) is 35.2 Å². The van der Waals surface area contributed by atoms with Gasteiger partial charge in [-0.15, -0.1) is 0 Å². The van der Waals surface area contributed by atoms with Crippen LogP contribution in [0.15, 0.2) is 18.2 Å². The summed E-state index contributed by atoms with van der Waals surface area (Å²) in [5.41, 5.74) is 2.07. The second-order valence-electron chi connectivity index (χ2n) is 4.74. The van der Waals surface area contributed by atoms with Crippen LogP contribution < -0.4 is 5.32 Å². The first-order chi connectivity index (χ1) is 9.15. The van der Waals surface area contributed by atoms with E-state index in [1.807, 2.05) is 13.0 Å². The number of nitriles is 1. The maximum atomic E-state index is 12.2. The summed E-state index contributed by atoms with van der Waals surface area (Å²) in [5.74, 6) is 0. The molecular formula is C14H17N3O2. The van der Waals surface area contributed by atoms with E-state index in [0.29, 0.717) is 17.8 Å². The van der Waals surface area contributed by atoms with Crippen LogP contribution in [0.1, 0.15) is 24.0 Å². The molecule has 19 heavy (non-hydrogen) atoms. The quantitative estimate of drug-likeness (QED) is 0.851. The van der Waals surface area contributed by atoms with Gasteiger partial charge in [0.25, 0.3) is 0 Å². The summed E-state index contributed by atoms with van der Waals surface area (Å²) < 4.78 is 0. The molecule has 1 fully saturated rings. The number of hydrogen-bond donors (Lipinski definition) is 2. The van der Waals surface area contributed by atoms with Crippen LogP contribution in [0.2, 0.25) is 0 Å². The van der Waals surface area contributed by atoms with Gasteiger partial charge in [0.15, 0.2) is 0 Å². The summed E-state index contributed by atoms with van der Waals surface area (Å²) in [6.07, 6.45) is 1.75. The summed E-state index contributed by atoms with van der Waals surface area (Å²) in [6.45, 7) is 2.53. The number of carbonyl (C=O) groups is 1. The highest BCUT2D eigenvalue weighted by Crippen LogP contribution is 2.21. The van der Waals surface area contributed by atoms with Crippen molar-refractivity contribution in [3.8, 4) is 6.07 Å². The van der Waals surface area contributed by atoms with Crippen molar-refractivity contribution in [1.29, 1.82) is 5.26 Å². The van der Waals surface area contributed by atoms with Gasteiger partial charge in [0.05, 0.1) is 24.3 Å². The number of aryl methyl sites for hydroxylation is 1. The Morgan fingerprint density at radius 2 is 2.42 bits per heavy atom. The van der Waals surface area contributed by atoms with Crippen LogP contribution in [-0.2, 0) is 0 Å². The number of rotatable bonds is 2. The van der Waals surface area contributed by atoms with Crippen molar-refractivity contribution in [2.75, 3.05) is 18.5 Å². The Bertz CT molecular complexity index is 522. The Morgan fingerprint density at radius 1 is 1.63 bits per heavy atom. The number of nitrogens with one attached hydrogen (secondary N) is 1. The molecule has 0 saturated carbocycles. The third kappa shape index (κ3) is 2.85. The average Bonchev–Trinajstić information content (AvgIpc) is 2.89. The third-order valence-corrected chi connectivity index (χ3v) is 3.46. The summed E-state index contributed by atoms with van der Waals surface area (Å²) in [7, 11) is 0. The van der Waals surface area contributed by atoms with E-state index in [2.05, 4.69) is 11.4 Å². The molecule has 1 aromatic carbocycles. The molecule has 1 saturated heterocycles. The van der Waals surface area contributed by atoms with E-state index in [1.54, 1.807) is 17.0 Å². The first-order valence-electron chi connectivity index (χ1n) is 6.35. The lowest BCUT2D eigenvalue weighted by Crippen LogP contribution is -2.40. The molecule has 0 spiro atoms. The molecule has 0 unspecified atom stereocenters. The maximum absolute atomic E-state index is 12.2. The van der Waals surface area contributed by atoms with Gasteiger partial charge in [0.2, 0.25) is 0 Å². The third-order valence-electron chi connectivity index (χ3n) is 3.46. The molecule has 5 nitrogen and oxygen atoms in total. The molecule has 0 aromatic heterocycles. The van der Waals surface area contributed by atoms with Crippen LogP contribution in [0.4, 0.5) is 10.5 Å². The van der Waals surface area contributed by atoms with Gasteiger partial charge in [-0.1, -0.05) is 6.07 Å². The number of aliphatic hydroxyl groups excluding tert-OH is 1. The number of likely N-dealkylation sites (tertiary alicyclic amines) is 1. The molecule has 0 bridgehead atoms. The Morgan fingerprint density at radius 3 is 3.11 bits per heavy atom. The van der Waals surface area contributed by atoms with E-state index in [1.165, 1.54) is 0 Å². The Labute approximate surface area is 112 Å². The lowest BCUT2D eigenvalue weighted by molar-refractivity contribution is 0.166. The van der Waals surface area contributed by atoms with E-state index in [9.17, 15) is 9.90 Å². The number of hydrogen-bond acceptors (Lipinski definition) is 3. The van der Waals surface area contributed by atoms with Crippen molar-refractivity contribution in [3.05, 3.63) is 29.3 Å². The van der Waals surface area contributed by atoms with Gasteiger partial charge in [-0.05, 0) is 37.5 Å². The second-order valence-corrected chi connectivity index (χ2v) is 4.74. The summed E-state index contributed by atoms with van der Waals surface area (Å²) in [4.78, 5) is 13.8. The Balaban J connectivity index is 2.13. The number of benzene rings is 1. The van der Waals surface area contributed by atoms with E-state index in [0.717, 1.165) is 18.4 Å². The van der Waals surface area contributed by atoms with E-state index >= 15 is 0 Å². The second kappa shape index (κ2) is 5.72. The fourth-order valence-corrected chi connectivity index (χ4v) is 2.31. The molecule has 100 valence electrons. The zero-order valence-electron chi connectivity index (χ0n) is 10.9. The van der Waals surface area contributed by atoms with Crippen molar-refractivity contribution in [2.24, 2.45) is 0 Å². The zero-order chi connectivity index (χ0) is 13.8. The molecule has 2 amide bonds. The number of aliphatic hydroxyl groups is 1. The van der Waals surface area contributed by atoms with Gasteiger partial charge in [-0.2, -0.15) is 5.26 Å². The fraction of sp³-hybridized carbons (Fsp3) is 0.429. The van der Waals surface area contributed by atoms with Crippen LogP contribution >= 0.6 is 0 Å². The molecular weight excluding hydrogens is 242 g/mol. The lowest BCUT2D eigenvalue weighted by atomic mass is 10.1. The molecule has 1 aliphatic rings. The number of anilines is 1. The fourth-order valence-electron chi connectivity index (χ4n) is 2.31. The van der Waals surface area contributed by atoms with Crippen molar-refractivity contribution in [1.82, 2.24) is 4.90 Å². The van der Waals surface area contributed by atoms with Gasteiger partial charge < -0.3 is 15.3 Å². The van der Waals surface area contributed by atoms with Gasteiger partial charge in [-0.3, -0.25) is 0 Å². The summed E-state index contributed by atoms with van der Waals surface area (Å²) in [6, 6.07) is 6.93. The Hall–Kier alpha value is -2.06. The average molecular weight is 259 g/mol. The largest absolute Gasteiger partial charge is 0.394 e. The monoisotopic (exact) mass is 259 g/mol. The van der Waals surface area contributed by atoms with Crippen molar-refractivity contribution >= 4 is 11.7 Å². The van der Waals surface area contributed by atoms with Crippen molar-refractivity contribution in [3.63, 3.8) is 0 Å². The first kappa shape index (κ1) is 13.4. The van der Waals surface area contributed by atoms with Gasteiger partial charge in [-0.25, -0.2) is 4.79 Å². The maximum Gasteiger partial charge on any atom is 0.322 e. The minimum absolute atomic E-state index is 0.00929. The molecule has 1 aromatic rings. The Kier molecular flexibility index (Phi) is 4.03. The SMILES string of the molecule is Cc1ccc(C#N)cc1NC(=O)N1CCC[C@@H]1CO. The van der Waals surface area contributed by atoms with Crippen molar-refractivity contribution in [2.45, 2.75) is 25.8 Å². The normalized spacial score (nSPS) is 18.2. The number of carbonyl (C=O) groups excluding carboxylic acids is 1. The van der Waals surface area contributed by atoms with Gasteiger partial charge in [0.1, 0.15) is 0 Å². The minimum atomic E-state index is -0.213. The molecule has 5 heteroatoms. The zero-order valence-corrected chi connectivity index (χ0v) is 10.9. The predicted molar refractivity (Wildman–Crippen MR) is 71.7 cm³/mol. The van der Waals surface area contributed by atoms with Crippen LogP contribution in [0.3, 0.4) is 0 Å². The van der Waals surface area contributed by atoms with Crippen LogP contribution in [0, 0.1) is 18.3 Å². The van der Waals surface area contributed by atoms with E-state index in [4.69, 9.17) is 5.26 Å². The lowest BCUT2D eigenvalue weighted by Gasteiger charge is -2.23.